The fourth-order valence-corrected chi connectivity index (χ4v) is 2.62. The Kier molecular flexibility index (Phi) is 4.43. The van der Waals surface area contributed by atoms with Gasteiger partial charge in [0.1, 0.15) is 5.52 Å². The Hall–Kier alpha value is -2.54. The topological polar surface area (TPSA) is 46.3 Å². The lowest BCUT2D eigenvalue weighted by Gasteiger charge is -2.21. The van der Waals surface area contributed by atoms with Crippen molar-refractivity contribution in [3.63, 3.8) is 0 Å². The third kappa shape index (κ3) is 3.46. The maximum Gasteiger partial charge on any atom is 0.471 e. The highest BCUT2D eigenvalue weighted by atomic mass is 35.5. The van der Waals surface area contributed by atoms with Gasteiger partial charge in [0.2, 0.25) is 5.89 Å². The van der Waals surface area contributed by atoms with Crippen LogP contribution in [0.4, 0.5) is 18.9 Å². The van der Waals surface area contributed by atoms with Gasteiger partial charge in [0, 0.05) is 22.8 Å². The molecule has 3 rings (SSSR count). The van der Waals surface area contributed by atoms with Crippen LogP contribution in [-0.2, 0) is 4.79 Å². The van der Waals surface area contributed by atoms with Gasteiger partial charge in [-0.05, 0) is 43.3 Å². The molecule has 0 atom stereocenters. The van der Waals surface area contributed by atoms with Crippen LogP contribution in [0.5, 0.6) is 0 Å². The summed E-state index contributed by atoms with van der Waals surface area (Å²) in [4.78, 5) is 16.5. The summed E-state index contributed by atoms with van der Waals surface area (Å²) in [5, 5.41) is 0.508. The monoisotopic (exact) mass is 368 g/mol. The molecule has 8 heteroatoms. The highest BCUT2D eigenvalue weighted by molar-refractivity contribution is 6.30. The minimum Gasteiger partial charge on any atom is -0.436 e. The van der Waals surface area contributed by atoms with Gasteiger partial charge in [0.05, 0.1) is 0 Å². The highest BCUT2D eigenvalue weighted by Crippen LogP contribution is 2.30. The predicted octanol–water partition coefficient (Wildman–Crippen LogP) is 5.06. The molecule has 0 aliphatic heterocycles. The van der Waals surface area contributed by atoms with Gasteiger partial charge in [0.15, 0.2) is 5.58 Å². The summed E-state index contributed by atoms with van der Waals surface area (Å²) in [5.74, 6) is -1.63. The van der Waals surface area contributed by atoms with Crippen molar-refractivity contribution in [3.8, 4) is 11.5 Å². The van der Waals surface area contributed by atoms with Gasteiger partial charge in [-0.3, -0.25) is 4.79 Å². The van der Waals surface area contributed by atoms with Crippen LogP contribution < -0.4 is 4.90 Å². The average Bonchev–Trinajstić information content (AvgIpc) is 2.98. The van der Waals surface area contributed by atoms with E-state index in [9.17, 15) is 18.0 Å². The molecule has 1 amide bonds. The number of hydrogen-bond acceptors (Lipinski definition) is 3. The molecule has 0 spiro atoms. The average molecular weight is 369 g/mol. The zero-order valence-electron chi connectivity index (χ0n) is 13.0. The number of rotatable bonds is 3. The quantitative estimate of drug-likeness (QED) is 0.649. The summed E-state index contributed by atoms with van der Waals surface area (Å²) < 4.78 is 43.7. The number of fused-ring (bicyclic) bond motifs is 1. The number of aromatic nitrogens is 1. The number of carbonyl (C=O) groups excluding carboxylic acids is 1. The highest BCUT2D eigenvalue weighted by Gasteiger charge is 2.42. The number of amides is 1. The zero-order chi connectivity index (χ0) is 18.2. The van der Waals surface area contributed by atoms with Crippen molar-refractivity contribution in [1.29, 1.82) is 0 Å². The van der Waals surface area contributed by atoms with Crippen molar-refractivity contribution in [2.75, 3.05) is 11.4 Å². The number of nitrogens with zero attached hydrogens (tertiary/aromatic N) is 2. The molecule has 0 saturated carbocycles. The van der Waals surface area contributed by atoms with E-state index in [4.69, 9.17) is 16.0 Å². The number of oxazole rings is 1. The van der Waals surface area contributed by atoms with E-state index >= 15 is 0 Å². The van der Waals surface area contributed by atoms with E-state index in [1.807, 2.05) is 0 Å². The van der Waals surface area contributed by atoms with Crippen LogP contribution in [0.25, 0.3) is 22.6 Å². The molecule has 0 N–H and O–H groups in total. The van der Waals surface area contributed by atoms with Crippen molar-refractivity contribution in [2.45, 2.75) is 13.1 Å². The fraction of sp³-hybridized carbons (Fsp3) is 0.176. The molecule has 130 valence electrons. The molecule has 0 bridgehead atoms. The van der Waals surface area contributed by atoms with Crippen LogP contribution in [0.3, 0.4) is 0 Å². The molecule has 25 heavy (non-hydrogen) atoms. The molecule has 0 aliphatic carbocycles. The summed E-state index contributed by atoms with van der Waals surface area (Å²) in [5.41, 5.74) is 1.49. The standard InChI is InChI=1S/C17H12ClF3N2O2/c1-2-23(16(24)17(19,20)21)12-6-7-14-13(9-12)22-15(25-14)10-4-3-5-11(18)8-10/h3-9H,2H2,1H3. The summed E-state index contributed by atoms with van der Waals surface area (Å²) in [7, 11) is 0. The summed E-state index contributed by atoms with van der Waals surface area (Å²) in [6.45, 7) is 1.34. The molecule has 1 heterocycles. The number of hydrogen-bond donors (Lipinski definition) is 0. The molecular formula is C17H12ClF3N2O2. The first kappa shape index (κ1) is 17.3. The van der Waals surface area contributed by atoms with Gasteiger partial charge < -0.3 is 9.32 Å². The molecule has 0 saturated heterocycles. The maximum absolute atomic E-state index is 12.7. The van der Waals surface area contributed by atoms with Crippen LogP contribution in [0.15, 0.2) is 46.9 Å². The minimum atomic E-state index is -4.94. The summed E-state index contributed by atoms with van der Waals surface area (Å²) in [6, 6.07) is 11.1. The fourth-order valence-electron chi connectivity index (χ4n) is 2.43. The second kappa shape index (κ2) is 6.40. The second-order valence-corrected chi connectivity index (χ2v) is 5.66. The third-order valence-corrected chi connectivity index (χ3v) is 3.79. The molecule has 0 aliphatic rings. The van der Waals surface area contributed by atoms with Crippen molar-refractivity contribution >= 4 is 34.3 Å². The molecule has 1 aromatic heterocycles. The molecular weight excluding hydrogens is 357 g/mol. The number of carbonyl (C=O) groups is 1. The number of benzene rings is 2. The first-order valence-corrected chi connectivity index (χ1v) is 7.72. The van der Waals surface area contributed by atoms with E-state index in [2.05, 4.69) is 4.98 Å². The van der Waals surface area contributed by atoms with Gasteiger partial charge in [-0.15, -0.1) is 0 Å². The zero-order valence-corrected chi connectivity index (χ0v) is 13.7. The van der Waals surface area contributed by atoms with Crippen molar-refractivity contribution in [3.05, 3.63) is 47.5 Å². The van der Waals surface area contributed by atoms with E-state index in [0.717, 1.165) is 0 Å². The van der Waals surface area contributed by atoms with Crippen molar-refractivity contribution in [2.24, 2.45) is 0 Å². The van der Waals surface area contributed by atoms with Gasteiger partial charge in [0.25, 0.3) is 0 Å². The van der Waals surface area contributed by atoms with Gasteiger partial charge >= 0.3 is 12.1 Å². The molecule has 3 aromatic rings. The maximum atomic E-state index is 12.7. The number of alkyl halides is 3. The van der Waals surface area contributed by atoms with E-state index in [-0.39, 0.29) is 12.2 Å². The second-order valence-electron chi connectivity index (χ2n) is 5.23. The first-order chi connectivity index (χ1) is 11.8. The molecule has 2 aromatic carbocycles. The van der Waals surface area contributed by atoms with Crippen LogP contribution in [-0.4, -0.2) is 23.6 Å². The van der Waals surface area contributed by atoms with Gasteiger partial charge in [-0.1, -0.05) is 17.7 Å². The Morgan fingerprint density at radius 2 is 2.00 bits per heavy atom. The molecule has 4 nitrogen and oxygen atoms in total. The predicted molar refractivity (Wildman–Crippen MR) is 88.5 cm³/mol. The Balaban J connectivity index is 2.01. The molecule has 0 radical (unpaired) electrons. The van der Waals surface area contributed by atoms with Gasteiger partial charge in [-0.25, -0.2) is 4.98 Å². The van der Waals surface area contributed by atoms with E-state index in [1.54, 1.807) is 24.3 Å². The Morgan fingerprint density at radius 3 is 2.64 bits per heavy atom. The van der Waals surface area contributed by atoms with Crippen molar-refractivity contribution < 1.29 is 22.4 Å². The Bertz CT molecular complexity index is 937. The third-order valence-electron chi connectivity index (χ3n) is 3.56. The Labute approximate surface area is 145 Å². The summed E-state index contributed by atoms with van der Waals surface area (Å²) in [6.07, 6.45) is -4.94. The molecule has 0 unspecified atom stereocenters. The van der Waals surface area contributed by atoms with E-state index in [0.29, 0.717) is 32.5 Å². The van der Waals surface area contributed by atoms with Crippen molar-refractivity contribution in [1.82, 2.24) is 4.98 Å². The smallest absolute Gasteiger partial charge is 0.436 e. The minimum absolute atomic E-state index is 0.100. The summed E-state index contributed by atoms with van der Waals surface area (Å²) >= 11 is 5.94. The SMILES string of the molecule is CCN(C(=O)C(F)(F)F)c1ccc2oc(-c3cccc(Cl)c3)nc2c1. The number of halogens is 4. The van der Waals surface area contributed by atoms with Crippen LogP contribution in [0, 0.1) is 0 Å². The first-order valence-electron chi connectivity index (χ1n) is 7.35. The number of anilines is 1. The lowest BCUT2D eigenvalue weighted by atomic mass is 10.2. The van der Waals surface area contributed by atoms with Crippen LogP contribution in [0.2, 0.25) is 5.02 Å². The lowest BCUT2D eigenvalue weighted by molar-refractivity contribution is -0.170. The normalized spacial score (nSPS) is 11.7. The lowest BCUT2D eigenvalue weighted by Crippen LogP contribution is -2.41. The molecule has 0 fully saturated rings. The largest absolute Gasteiger partial charge is 0.471 e. The van der Waals surface area contributed by atoms with Gasteiger partial charge in [-0.2, -0.15) is 13.2 Å². The van der Waals surface area contributed by atoms with Crippen LogP contribution in [0.1, 0.15) is 6.92 Å². The van der Waals surface area contributed by atoms with E-state index < -0.39 is 12.1 Å². The van der Waals surface area contributed by atoms with E-state index in [1.165, 1.54) is 25.1 Å². The van der Waals surface area contributed by atoms with Crippen LogP contribution >= 0.6 is 11.6 Å². The Morgan fingerprint density at radius 1 is 1.24 bits per heavy atom.